The van der Waals surface area contributed by atoms with E-state index < -0.39 is 0 Å². The second-order valence-corrected chi connectivity index (χ2v) is 7.64. The first-order chi connectivity index (χ1) is 8.93. The van der Waals surface area contributed by atoms with E-state index in [2.05, 4.69) is 59.1 Å². The van der Waals surface area contributed by atoms with E-state index in [9.17, 15) is 0 Å². The first kappa shape index (κ1) is 16.7. The third-order valence-corrected chi connectivity index (χ3v) is 5.50. The van der Waals surface area contributed by atoms with Gasteiger partial charge in [0.25, 0.3) is 0 Å². The zero-order valence-electron chi connectivity index (χ0n) is 13.5. The van der Waals surface area contributed by atoms with Crippen LogP contribution in [0, 0.1) is 5.92 Å². The lowest BCUT2D eigenvalue weighted by molar-refractivity contribution is 0.343. The summed E-state index contributed by atoms with van der Waals surface area (Å²) in [4.78, 5) is 3.00. The van der Waals surface area contributed by atoms with Crippen LogP contribution in [0.3, 0.4) is 0 Å². The molecule has 1 nitrogen and oxygen atoms in total. The highest BCUT2D eigenvalue weighted by atomic mass is 32.1. The lowest BCUT2D eigenvalue weighted by Gasteiger charge is -2.25. The molecule has 0 saturated carbocycles. The van der Waals surface area contributed by atoms with Gasteiger partial charge in [-0.25, -0.2) is 0 Å². The Hall–Kier alpha value is -0.340. The van der Waals surface area contributed by atoms with E-state index in [1.807, 2.05) is 11.3 Å². The topological polar surface area (TPSA) is 12.0 Å². The Morgan fingerprint density at radius 2 is 1.89 bits per heavy atom. The van der Waals surface area contributed by atoms with Gasteiger partial charge in [-0.1, -0.05) is 53.9 Å². The predicted molar refractivity (Wildman–Crippen MR) is 88.1 cm³/mol. The van der Waals surface area contributed by atoms with Crippen LogP contribution in [0.15, 0.2) is 12.1 Å². The predicted octanol–water partition coefficient (Wildman–Crippen LogP) is 5.52. The molecule has 0 amide bonds. The summed E-state index contributed by atoms with van der Waals surface area (Å²) in [7, 11) is 2.11. The van der Waals surface area contributed by atoms with Crippen molar-refractivity contribution in [2.24, 2.45) is 5.92 Å². The molecule has 0 aromatic carbocycles. The third-order valence-electron chi connectivity index (χ3n) is 3.91. The Morgan fingerprint density at radius 1 is 1.21 bits per heavy atom. The van der Waals surface area contributed by atoms with E-state index in [1.165, 1.54) is 35.4 Å². The molecular weight excluding hydrogens is 250 g/mol. The monoisotopic (exact) mass is 281 g/mol. The second kappa shape index (κ2) is 7.44. The summed E-state index contributed by atoms with van der Waals surface area (Å²) in [6.07, 6.45) is 5.23. The Balaban J connectivity index is 2.86. The molecule has 0 aliphatic carbocycles. The van der Waals surface area contributed by atoms with E-state index in [-0.39, 0.29) is 5.41 Å². The highest BCUT2D eigenvalue weighted by Gasteiger charge is 2.23. The number of hydrogen-bond donors (Lipinski definition) is 1. The fraction of sp³-hybridized carbons (Fsp3) is 0.765. The van der Waals surface area contributed by atoms with Crippen molar-refractivity contribution in [3.63, 3.8) is 0 Å². The van der Waals surface area contributed by atoms with Gasteiger partial charge < -0.3 is 5.32 Å². The van der Waals surface area contributed by atoms with Crippen molar-refractivity contribution in [1.29, 1.82) is 0 Å². The maximum Gasteiger partial charge on any atom is 0.0440 e. The molecule has 2 atom stereocenters. The van der Waals surface area contributed by atoms with Crippen LogP contribution in [0.25, 0.3) is 0 Å². The van der Waals surface area contributed by atoms with E-state index in [0.29, 0.717) is 6.04 Å². The van der Waals surface area contributed by atoms with Crippen LogP contribution in [0.2, 0.25) is 0 Å². The first-order valence-electron chi connectivity index (χ1n) is 7.71. The number of rotatable bonds is 7. The van der Waals surface area contributed by atoms with Crippen molar-refractivity contribution in [3.8, 4) is 0 Å². The van der Waals surface area contributed by atoms with Crippen LogP contribution >= 0.6 is 11.3 Å². The maximum absolute atomic E-state index is 3.55. The minimum atomic E-state index is 0.270. The average Bonchev–Trinajstić information content (AvgIpc) is 2.83. The van der Waals surface area contributed by atoms with Crippen LogP contribution in [0.4, 0.5) is 0 Å². The lowest BCUT2D eigenvalue weighted by Crippen LogP contribution is -2.24. The fourth-order valence-electron chi connectivity index (χ4n) is 2.61. The Morgan fingerprint density at radius 3 is 2.32 bits per heavy atom. The van der Waals surface area contributed by atoms with Gasteiger partial charge in [0.15, 0.2) is 0 Å². The fourth-order valence-corrected chi connectivity index (χ4v) is 3.88. The minimum Gasteiger partial charge on any atom is -0.312 e. The SMILES string of the molecule is CCCCC(CC)C(NC)c1ccc(C(C)(C)C)s1. The molecule has 0 aliphatic rings. The van der Waals surface area contributed by atoms with E-state index in [0.717, 1.165) is 5.92 Å². The summed E-state index contributed by atoms with van der Waals surface area (Å²) in [6.45, 7) is 11.5. The molecule has 1 N–H and O–H groups in total. The van der Waals surface area contributed by atoms with E-state index >= 15 is 0 Å². The van der Waals surface area contributed by atoms with Crippen molar-refractivity contribution in [3.05, 3.63) is 21.9 Å². The standard InChI is InChI=1S/C17H31NS/c1-7-9-10-13(8-2)16(18-6)14-11-12-15(19-14)17(3,4)5/h11-13,16,18H,7-10H2,1-6H3. The second-order valence-electron chi connectivity index (χ2n) is 6.53. The molecule has 1 aromatic heterocycles. The summed E-state index contributed by atoms with van der Waals surface area (Å²) < 4.78 is 0. The van der Waals surface area contributed by atoms with Crippen LogP contribution in [-0.2, 0) is 5.41 Å². The quantitative estimate of drug-likeness (QED) is 0.693. The number of unbranched alkanes of at least 4 members (excludes halogenated alkanes) is 1. The summed E-state index contributed by atoms with van der Waals surface area (Å²) in [6, 6.07) is 5.18. The van der Waals surface area contributed by atoms with Gasteiger partial charge in [-0.05, 0) is 36.9 Å². The molecule has 1 aromatic rings. The Bertz CT molecular complexity index is 362. The molecule has 0 fully saturated rings. The number of hydrogen-bond acceptors (Lipinski definition) is 2. The molecule has 0 saturated heterocycles. The molecule has 1 rings (SSSR count). The molecule has 0 spiro atoms. The molecule has 110 valence electrons. The Labute approximate surface area is 123 Å². The smallest absolute Gasteiger partial charge is 0.0440 e. The third kappa shape index (κ3) is 4.61. The van der Waals surface area contributed by atoms with E-state index in [1.54, 1.807) is 0 Å². The molecule has 0 radical (unpaired) electrons. The van der Waals surface area contributed by atoms with Gasteiger partial charge >= 0.3 is 0 Å². The van der Waals surface area contributed by atoms with Crippen molar-refractivity contribution >= 4 is 11.3 Å². The summed E-state index contributed by atoms with van der Waals surface area (Å²) >= 11 is 1.99. The molecule has 0 aliphatic heterocycles. The molecule has 1 heterocycles. The van der Waals surface area contributed by atoms with Crippen LogP contribution < -0.4 is 5.32 Å². The molecule has 2 heteroatoms. The molecular formula is C17H31NS. The summed E-state index contributed by atoms with van der Waals surface area (Å²) in [5.74, 6) is 0.761. The lowest BCUT2D eigenvalue weighted by atomic mass is 9.90. The van der Waals surface area contributed by atoms with Gasteiger partial charge in [0.1, 0.15) is 0 Å². The number of thiophene rings is 1. The first-order valence-corrected chi connectivity index (χ1v) is 8.53. The summed E-state index contributed by atoms with van der Waals surface area (Å²) in [5.41, 5.74) is 0.270. The number of nitrogens with one attached hydrogen (secondary N) is 1. The maximum atomic E-state index is 3.55. The largest absolute Gasteiger partial charge is 0.312 e. The zero-order chi connectivity index (χ0) is 14.5. The highest BCUT2D eigenvalue weighted by molar-refractivity contribution is 7.12. The van der Waals surface area contributed by atoms with Crippen molar-refractivity contribution < 1.29 is 0 Å². The van der Waals surface area contributed by atoms with Gasteiger partial charge in [-0.15, -0.1) is 11.3 Å². The van der Waals surface area contributed by atoms with Crippen molar-refractivity contribution in [1.82, 2.24) is 5.32 Å². The zero-order valence-corrected chi connectivity index (χ0v) is 14.4. The van der Waals surface area contributed by atoms with Crippen LogP contribution in [-0.4, -0.2) is 7.05 Å². The van der Waals surface area contributed by atoms with Crippen molar-refractivity contribution in [2.45, 2.75) is 71.8 Å². The van der Waals surface area contributed by atoms with Crippen molar-refractivity contribution in [2.75, 3.05) is 7.05 Å². The van der Waals surface area contributed by atoms with Crippen LogP contribution in [0.1, 0.15) is 76.1 Å². The van der Waals surface area contributed by atoms with Gasteiger partial charge in [0.2, 0.25) is 0 Å². The molecule has 0 bridgehead atoms. The van der Waals surface area contributed by atoms with Crippen LogP contribution in [0.5, 0.6) is 0 Å². The molecule has 19 heavy (non-hydrogen) atoms. The summed E-state index contributed by atoms with van der Waals surface area (Å²) in [5, 5.41) is 3.55. The van der Waals surface area contributed by atoms with Gasteiger partial charge in [-0.2, -0.15) is 0 Å². The van der Waals surface area contributed by atoms with E-state index in [4.69, 9.17) is 0 Å². The molecule has 2 unspecified atom stereocenters. The van der Waals surface area contributed by atoms with Gasteiger partial charge in [0.05, 0.1) is 0 Å². The Kier molecular flexibility index (Phi) is 6.55. The van der Waals surface area contributed by atoms with Gasteiger partial charge in [-0.3, -0.25) is 0 Å². The minimum absolute atomic E-state index is 0.270. The van der Waals surface area contributed by atoms with Gasteiger partial charge in [0, 0.05) is 15.8 Å². The average molecular weight is 282 g/mol. The normalized spacial score (nSPS) is 15.5. The highest BCUT2D eigenvalue weighted by Crippen LogP contribution is 2.36.